The molecule has 2 saturated carbocycles. The van der Waals surface area contributed by atoms with Crippen molar-refractivity contribution in [1.29, 1.82) is 0 Å². The third kappa shape index (κ3) is 5.66. The van der Waals surface area contributed by atoms with Crippen LogP contribution in [0.25, 0.3) is 0 Å². The summed E-state index contributed by atoms with van der Waals surface area (Å²) in [6.45, 7) is 3.35. The molecule has 27 heavy (non-hydrogen) atoms. The minimum atomic E-state index is -3.66. The number of rotatable bonds is 9. The lowest BCUT2D eigenvalue weighted by Gasteiger charge is -2.46. The fraction of sp³-hybridized carbons (Fsp3) is 1.00. The van der Waals surface area contributed by atoms with Crippen LogP contribution in [-0.4, -0.2) is 57.4 Å². The average molecular weight is 407 g/mol. The summed E-state index contributed by atoms with van der Waals surface area (Å²) in [6, 6.07) is 0. The molecule has 0 aromatic carbocycles. The van der Waals surface area contributed by atoms with Crippen molar-refractivity contribution in [2.45, 2.75) is 94.7 Å². The number of hydrogen-bond acceptors (Lipinski definition) is 6. The van der Waals surface area contributed by atoms with Crippen molar-refractivity contribution in [1.82, 2.24) is 0 Å². The van der Waals surface area contributed by atoms with Gasteiger partial charge in [0, 0.05) is 14.2 Å². The van der Waals surface area contributed by atoms with E-state index in [2.05, 4.69) is 0 Å². The summed E-state index contributed by atoms with van der Waals surface area (Å²) in [7, 11) is -0.207. The summed E-state index contributed by atoms with van der Waals surface area (Å²) in [6.07, 6.45) is 7.92. The maximum absolute atomic E-state index is 12.4. The molecule has 0 aliphatic heterocycles. The first-order valence-corrected chi connectivity index (χ1v) is 11.9. The van der Waals surface area contributed by atoms with Crippen molar-refractivity contribution in [3.05, 3.63) is 0 Å². The van der Waals surface area contributed by atoms with E-state index in [0.717, 1.165) is 51.4 Å². The zero-order chi connectivity index (χ0) is 20.1. The van der Waals surface area contributed by atoms with Crippen molar-refractivity contribution in [2.75, 3.05) is 20.8 Å². The Bertz CT molecular complexity index is 509. The lowest BCUT2D eigenvalue weighted by Crippen LogP contribution is -2.52. The maximum Gasteiger partial charge on any atom is 0.270 e. The normalized spacial score (nSPS) is 33.4. The summed E-state index contributed by atoms with van der Waals surface area (Å²) in [5.74, 6) is 0.0836. The molecule has 1 atom stereocenters. The van der Waals surface area contributed by atoms with Gasteiger partial charge < -0.3 is 14.6 Å². The van der Waals surface area contributed by atoms with Gasteiger partial charge in [-0.1, -0.05) is 6.92 Å². The first-order valence-electron chi connectivity index (χ1n) is 10.4. The molecule has 0 spiro atoms. The monoisotopic (exact) mass is 406 g/mol. The number of hydrogen-bond donors (Lipinski definition) is 1. The lowest BCUT2D eigenvalue weighted by molar-refractivity contribution is -0.130. The lowest BCUT2D eigenvalue weighted by atomic mass is 9.66. The van der Waals surface area contributed by atoms with Crippen molar-refractivity contribution in [3.63, 3.8) is 0 Å². The van der Waals surface area contributed by atoms with Gasteiger partial charge in [-0.15, -0.1) is 0 Å². The van der Waals surface area contributed by atoms with Gasteiger partial charge in [-0.25, -0.2) is 0 Å². The molecule has 7 heteroatoms. The van der Waals surface area contributed by atoms with Crippen LogP contribution >= 0.6 is 0 Å². The van der Waals surface area contributed by atoms with Gasteiger partial charge >= 0.3 is 0 Å². The molecule has 2 rings (SSSR count). The first kappa shape index (κ1) is 23.1. The standard InChI is InChI=1S/C20H38O6S/c1-5-15(2)27(22,23)26-14-20(21,16-6-10-18(24-3)11-7-16)17-8-12-19(25-4)13-9-17/h15-19,21H,5-14H2,1-4H3. The Morgan fingerprint density at radius 3 is 1.67 bits per heavy atom. The van der Waals surface area contributed by atoms with E-state index < -0.39 is 21.0 Å². The van der Waals surface area contributed by atoms with Gasteiger partial charge in [0.1, 0.15) is 0 Å². The zero-order valence-corrected chi connectivity index (χ0v) is 18.2. The van der Waals surface area contributed by atoms with Gasteiger partial charge in [-0.05, 0) is 76.5 Å². The Balaban J connectivity index is 2.13. The Morgan fingerprint density at radius 1 is 0.926 bits per heavy atom. The van der Waals surface area contributed by atoms with Crippen LogP contribution in [0.3, 0.4) is 0 Å². The molecule has 0 heterocycles. The molecule has 2 aliphatic carbocycles. The van der Waals surface area contributed by atoms with Crippen LogP contribution in [-0.2, 0) is 23.8 Å². The predicted octanol–water partition coefficient (Wildman–Crippen LogP) is 3.27. The van der Waals surface area contributed by atoms with Gasteiger partial charge in [-0.3, -0.25) is 4.18 Å². The highest BCUT2D eigenvalue weighted by molar-refractivity contribution is 7.87. The van der Waals surface area contributed by atoms with E-state index in [9.17, 15) is 13.5 Å². The Hall–Kier alpha value is -0.210. The smallest absolute Gasteiger partial charge is 0.270 e. The third-order valence-corrected chi connectivity index (χ3v) is 8.72. The van der Waals surface area contributed by atoms with Crippen LogP contribution in [0.15, 0.2) is 0 Å². The summed E-state index contributed by atoms with van der Waals surface area (Å²) >= 11 is 0. The molecule has 2 aliphatic rings. The highest BCUT2D eigenvalue weighted by Gasteiger charge is 2.47. The SMILES string of the molecule is CCC(C)S(=O)(=O)OCC(O)(C1CCC(OC)CC1)C1CCC(OC)CC1. The summed E-state index contributed by atoms with van der Waals surface area (Å²) < 4.78 is 41.1. The van der Waals surface area contributed by atoms with E-state index in [0.29, 0.717) is 6.42 Å². The second-order valence-corrected chi connectivity index (χ2v) is 10.4. The highest BCUT2D eigenvalue weighted by atomic mass is 32.2. The van der Waals surface area contributed by atoms with Gasteiger partial charge in [0.2, 0.25) is 0 Å². The highest BCUT2D eigenvalue weighted by Crippen LogP contribution is 2.44. The summed E-state index contributed by atoms with van der Waals surface area (Å²) in [4.78, 5) is 0. The molecule has 0 aromatic rings. The Kier molecular flexibility index (Phi) is 8.55. The minimum absolute atomic E-state index is 0.0418. The fourth-order valence-electron chi connectivity index (χ4n) is 4.66. The van der Waals surface area contributed by atoms with E-state index >= 15 is 0 Å². The van der Waals surface area contributed by atoms with Crippen molar-refractivity contribution in [2.24, 2.45) is 11.8 Å². The summed E-state index contributed by atoms with van der Waals surface area (Å²) in [5.41, 5.74) is -1.11. The Labute approximate surface area is 165 Å². The van der Waals surface area contributed by atoms with Crippen LogP contribution in [0.1, 0.15) is 71.6 Å². The van der Waals surface area contributed by atoms with Crippen molar-refractivity contribution in [3.8, 4) is 0 Å². The van der Waals surface area contributed by atoms with Gasteiger partial charge in [0.25, 0.3) is 10.1 Å². The number of methoxy groups -OCH3 is 2. The molecular weight excluding hydrogens is 368 g/mol. The van der Waals surface area contributed by atoms with Crippen molar-refractivity contribution < 1.29 is 27.2 Å². The quantitative estimate of drug-likeness (QED) is 0.592. The molecule has 0 bridgehead atoms. The molecule has 0 aromatic heterocycles. The predicted molar refractivity (Wildman–Crippen MR) is 105 cm³/mol. The van der Waals surface area contributed by atoms with Gasteiger partial charge in [-0.2, -0.15) is 8.42 Å². The molecule has 1 unspecified atom stereocenters. The molecule has 0 amide bonds. The maximum atomic E-state index is 12.4. The Morgan fingerprint density at radius 2 is 1.33 bits per heavy atom. The zero-order valence-electron chi connectivity index (χ0n) is 17.4. The van der Waals surface area contributed by atoms with Crippen LogP contribution in [0, 0.1) is 11.8 Å². The largest absolute Gasteiger partial charge is 0.387 e. The van der Waals surface area contributed by atoms with Gasteiger partial charge in [0.05, 0.1) is 29.7 Å². The van der Waals surface area contributed by atoms with E-state index in [4.69, 9.17) is 13.7 Å². The molecule has 0 radical (unpaired) electrons. The van der Waals surface area contributed by atoms with E-state index in [1.165, 1.54) is 0 Å². The molecular formula is C20H38O6S. The third-order valence-electron chi connectivity index (χ3n) is 6.95. The van der Waals surface area contributed by atoms with E-state index in [-0.39, 0.29) is 30.7 Å². The molecule has 1 N–H and O–H groups in total. The topological polar surface area (TPSA) is 82.1 Å². The van der Waals surface area contributed by atoms with Crippen LogP contribution in [0.5, 0.6) is 0 Å². The van der Waals surface area contributed by atoms with Crippen LogP contribution in [0.4, 0.5) is 0 Å². The number of aliphatic hydroxyl groups is 1. The second kappa shape index (κ2) is 10.0. The average Bonchev–Trinajstić information content (AvgIpc) is 2.71. The molecule has 0 saturated heterocycles. The number of ether oxygens (including phenoxy) is 2. The van der Waals surface area contributed by atoms with Crippen LogP contribution in [0.2, 0.25) is 0 Å². The minimum Gasteiger partial charge on any atom is -0.387 e. The van der Waals surface area contributed by atoms with Gasteiger partial charge in [0.15, 0.2) is 0 Å². The first-order chi connectivity index (χ1) is 12.8. The molecule has 160 valence electrons. The summed E-state index contributed by atoms with van der Waals surface area (Å²) in [5, 5.41) is 11.2. The molecule has 2 fully saturated rings. The van der Waals surface area contributed by atoms with E-state index in [1.807, 2.05) is 6.92 Å². The fourth-order valence-corrected chi connectivity index (χ4v) is 5.66. The van der Waals surface area contributed by atoms with Crippen molar-refractivity contribution >= 4 is 10.1 Å². The van der Waals surface area contributed by atoms with Crippen LogP contribution < -0.4 is 0 Å². The molecule has 6 nitrogen and oxygen atoms in total. The van der Waals surface area contributed by atoms with E-state index in [1.54, 1.807) is 21.1 Å². The second-order valence-electron chi connectivity index (χ2n) is 8.38.